The Morgan fingerprint density at radius 3 is 2.62 bits per heavy atom. The predicted octanol–water partition coefficient (Wildman–Crippen LogP) is 1.39. The Kier molecular flexibility index (Phi) is 3.90. The number of carbonyl (C=O) groups is 1. The van der Waals surface area contributed by atoms with E-state index in [0.717, 1.165) is 17.0 Å². The second kappa shape index (κ2) is 5.35. The number of benzene rings is 1. The highest BCUT2D eigenvalue weighted by molar-refractivity contribution is 7.86. The first-order chi connectivity index (χ1) is 9.67. The maximum Gasteiger partial charge on any atom is 0.304 e. The van der Waals surface area contributed by atoms with Gasteiger partial charge < -0.3 is 4.90 Å². The smallest absolute Gasteiger partial charge is 0.304 e. The highest BCUT2D eigenvalue weighted by Gasteiger charge is 2.34. The van der Waals surface area contributed by atoms with Crippen LogP contribution in [0.25, 0.3) is 0 Å². The van der Waals surface area contributed by atoms with Gasteiger partial charge in [-0.15, -0.1) is 3.89 Å². The summed E-state index contributed by atoms with van der Waals surface area (Å²) in [7, 11) is -4.70. The van der Waals surface area contributed by atoms with E-state index in [-0.39, 0.29) is 18.7 Å². The second-order valence-corrected chi connectivity index (χ2v) is 6.08. The van der Waals surface area contributed by atoms with Crippen LogP contribution in [0.4, 0.5) is 19.7 Å². The monoisotopic (exact) mass is 320 g/mol. The van der Waals surface area contributed by atoms with E-state index in [1.165, 1.54) is 6.07 Å². The van der Waals surface area contributed by atoms with E-state index in [1.807, 2.05) is 0 Å². The normalized spacial score (nSPS) is 19.0. The molecule has 0 spiro atoms. The fourth-order valence-corrected chi connectivity index (χ4v) is 3.02. The van der Waals surface area contributed by atoms with Gasteiger partial charge in [0, 0.05) is 36.7 Å². The number of amides is 1. The van der Waals surface area contributed by atoms with E-state index in [4.69, 9.17) is 0 Å². The summed E-state index contributed by atoms with van der Waals surface area (Å²) in [6, 6.07) is 2.92. The molecule has 1 amide bonds. The van der Waals surface area contributed by atoms with Crippen LogP contribution >= 0.6 is 0 Å². The molecule has 1 fully saturated rings. The number of nitrogens with zero attached hydrogens (tertiary/aromatic N) is 2. The van der Waals surface area contributed by atoms with Crippen LogP contribution in [0.5, 0.6) is 0 Å². The van der Waals surface area contributed by atoms with Crippen molar-refractivity contribution in [3.63, 3.8) is 0 Å². The van der Waals surface area contributed by atoms with Crippen molar-refractivity contribution in [3.05, 3.63) is 34.1 Å². The van der Waals surface area contributed by atoms with Gasteiger partial charge in [0.25, 0.3) is 0 Å². The third-order valence-electron chi connectivity index (χ3n) is 3.08. The van der Waals surface area contributed by atoms with Crippen molar-refractivity contribution < 1.29 is 26.4 Å². The maximum absolute atomic E-state index is 13.5. The van der Waals surface area contributed by atoms with Gasteiger partial charge in [0.1, 0.15) is 0 Å². The Balaban J connectivity index is 2.21. The second-order valence-electron chi connectivity index (χ2n) is 4.67. The number of anilines is 1. The van der Waals surface area contributed by atoms with Crippen LogP contribution in [0, 0.1) is 21.8 Å². The lowest BCUT2D eigenvalue weighted by Gasteiger charge is -2.16. The van der Waals surface area contributed by atoms with Crippen LogP contribution in [0.1, 0.15) is 6.42 Å². The third kappa shape index (κ3) is 3.51. The van der Waals surface area contributed by atoms with E-state index in [1.54, 1.807) is 0 Å². The lowest BCUT2D eigenvalue weighted by Crippen LogP contribution is -2.25. The molecule has 1 aromatic carbocycles. The Bertz CT molecular complexity index is 707. The Labute approximate surface area is 118 Å². The zero-order valence-corrected chi connectivity index (χ0v) is 11.3. The number of hydrogen-bond donors (Lipinski definition) is 0. The average Bonchev–Trinajstić information content (AvgIpc) is 2.66. The van der Waals surface area contributed by atoms with E-state index < -0.39 is 44.2 Å². The van der Waals surface area contributed by atoms with Crippen molar-refractivity contribution in [1.29, 1.82) is 0 Å². The van der Waals surface area contributed by atoms with Crippen LogP contribution < -0.4 is 4.90 Å². The zero-order chi connectivity index (χ0) is 15.8. The van der Waals surface area contributed by atoms with Crippen molar-refractivity contribution in [2.75, 3.05) is 17.2 Å². The maximum atomic E-state index is 13.5. The summed E-state index contributed by atoms with van der Waals surface area (Å²) in [6.07, 6.45) is -0.179. The summed E-state index contributed by atoms with van der Waals surface area (Å²) in [5.41, 5.74) is -0.657. The molecule has 7 nitrogen and oxygen atoms in total. The molecule has 0 aromatic heterocycles. The predicted molar refractivity (Wildman–Crippen MR) is 68.4 cm³/mol. The fraction of sp³-hybridized carbons (Fsp3) is 0.364. The van der Waals surface area contributed by atoms with Gasteiger partial charge in [0.2, 0.25) is 11.7 Å². The fourth-order valence-electron chi connectivity index (χ4n) is 2.24. The number of nitro benzene ring substituents is 1. The van der Waals surface area contributed by atoms with Gasteiger partial charge in [-0.3, -0.25) is 14.9 Å². The molecule has 1 saturated heterocycles. The largest absolute Gasteiger partial charge is 0.312 e. The summed E-state index contributed by atoms with van der Waals surface area (Å²) in [5.74, 6) is -3.11. The molecule has 1 heterocycles. The highest BCUT2D eigenvalue weighted by atomic mass is 32.3. The first-order valence-corrected chi connectivity index (χ1v) is 7.39. The molecule has 1 aromatic rings. The van der Waals surface area contributed by atoms with Crippen molar-refractivity contribution >= 4 is 27.5 Å². The molecule has 0 aliphatic carbocycles. The molecule has 0 N–H and O–H groups in total. The van der Waals surface area contributed by atoms with Gasteiger partial charge in [-0.05, 0) is 6.07 Å². The molecule has 0 saturated carbocycles. The van der Waals surface area contributed by atoms with Crippen LogP contribution in [-0.2, 0) is 15.0 Å². The SMILES string of the molecule is O=C1CC(CS(=O)(=O)F)CN1c1ccc([N+](=O)[O-])c(F)c1. The van der Waals surface area contributed by atoms with Crippen LogP contribution in [0.15, 0.2) is 18.2 Å². The number of nitro groups is 1. The van der Waals surface area contributed by atoms with Gasteiger partial charge in [-0.25, -0.2) is 0 Å². The van der Waals surface area contributed by atoms with Crippen molar-refractivity contribution in [2.24, 2.45) is 5.92 Å². The van der Waals surface area contributed by atoms with Gasteiger partial charge in [-0.2, -0.15) is 12.8 Å². The molecule has 21 heavy (non-hydrogen) atoms. The Hall–Kier alpha value is -2.10. The molecule has 114 valence electrons. The first kappa shape index (κ1) is 15.3. The molecule has 0 bridgehead atoms. The Morgan fingerprint density at radius 1 is 1.43 bits per heavy atom. The summed E-state index contributed by atoms with van der Waals surface area (Å²) >= 11 is 0. The van der Waals surface area contributed by atoms with Crippen molar-refractivity contribution in [2.45, 2.75) is 6.42 Å². The lowest BCUT2D eigenvalue weighted by molar-refractivity contribution is -0.387. The summed E-state index contributed by atoms with van der Waals surface area (Å²) in [6.45, 7) is -0.0841. The highest BCUT2D eigenvalue weighted by Crippen LogP contribution is 2.29. The van der Waals surface area contributed by atoms with Crippen LogP contribution in [-0.4, -0.2) is 31.5 Å². The number of hydrogen-bond acceptors (Lipinski definition) is 5. The minimum Gasteiger partial charge on any atom is -0.312 e. The first-order valence-electron chi connectivity index (χ1n) is 5.84. The molecule has 10 heteroatoms. The van der Waals surface area contributed by atoms with E-state index in [0.29, 0.717) is 0 Å². The zero-order valence-electron chi connectivity index (χ0n) is 10.5. The molecule has 1 aliphatic rings. The van der Waals surface area contributed by atoms with Crippen molar-refractivity contribution in [1.82, 2.24) is 0 Å². The molecule has 2 rings (SSSR count). The average molecular weight is 320 g/mol. The van der Waals surface area contributed by atoms with E-state index >= 15 is 0 Å². The van der Waals surface area contributed by atoms with Gasteiger partial charge in [0.15, 0.2) is 0 Å². The third-order valence-corrected chi connectivity index (χ3v) is 3.95. The minimum absolute atomic E-state index is 0.0712. The van der Waals surface area contributed by atoms with Gasteiger partial charge in [-0.1, -0.05) is 0 Å². The molecule has 1 atom stereocenters. The number of halogens is 2. The summed E-state index contributed by atoms with van der Waals surface area (Å²) in [5, 5.41) is 10.5. The van der Waals surface area contributed by atoms with E-state index in [9.17, 15) is 31.6 Å². The van der Waals surface area contributed by atoms with Gasteiger partial charge >= 0.3 is 15.9 Å². The number of carbonyl (C=O) groups excluding carboxylic acids is 1. The number of rotatable bonds is 4. The lowest BCUT2D eigenvalue weighted by atomic mass is 10.1. The molecular weight excluding hydrogens is 310 g/mol. The topological polar surface area (TPSA) is 97.6 Å². The molecule has 1 aliphatic heterocycles. The van der Waals surface area contributed by atoms with Crippen LogP contribution in [0.3, 0.4) is 0 Å². The Morgan fingerprint density at radius 2 is 2.10 bits per heavy atom. The minimum atomic E-state index is -4.70. The van der Waals surface area contributed by atoms with Crippen molar-refractivity contribution in [3.8, 4) is 0 Å². The molecular formula is C11H10F2N2O5S. The summed E-state index contributed by atoms with van der Waals surface area (Å²) < 4.78 is 47.3. The van der Waals surface area contributed by atoms with Gasteiger partial charge in [0.05, 0.1) is 10.7 Å². The van der Waals surface area contributed by atoms with E-state index in [2.05, 4.69) is 0 Å². The molecule has 1 unspecified atom stereocenters. The quantitative estimate of drug-likeness (QED) is 0.474. The summed E-state index contributed by atoms with van der Waals surface area (Å²) in [4.78, 5) is 22.4. The van der Waals surface area contributed by atoms with Crippen LogP contribution in [0.2, 0.25) is 0 Å². The molecule has 0 radical (unpaired) electrons. The standard InChI is InChI=1S/C11H10F2N2O5S/c12-9-4-8(1-2-10(9)15(17)18)14-5-7(3-11(14)16)6-21(13,19)20/h1-2,4,7H,3,5-6H2.